The number of hydrogen-bond donors (Lipinski definition) is 2. The minimum Gasteiger partial charge on any atom is -0.478 e. The van der Waals surface area contributed by atoms with E-state index in [0.717, 1.165) is 19.3 Å². The molecule has 4 heteroatoms. The third-order valence-electron chi connectivity index (χ3n) is 3.91. The van der Waals surface area contributed by atoms with Gasteiger partial charge in [-0.05, 0) is 48.6 Å². The van der Waals surface area contributed by atoms with Crippen molar-refractivity contribution in [2.75, 3.05) is 5.32 Å². The molecule has 0 fully saturated rings. The Balaban J connectivity index is 1.88. The van der Waals surface area contributed by atoms with Gasteiger partial charge in [-0.2, -0.15) is 0 Å². The summed E-state index contributed by atoms with van der Waals surface area (Å²) in [6.07, 6.45) is 3.14. The van der Waals surface area contributed by atoms with Gasteiger partial charge < -0.3 is 10.4 Å². The number of benzene rings is 2. The predicted molar refractivity (Wildman–Crippen MR) is 79.1 cm³/mol. The van der Waals surface area contributed by atoms with Crippen molar-refractivity contribution in [2.45, 2.75) is 25.3 Å². The summed E-state index contributed by atoms with van der Waals surface area (Å²) < 4.78 is 13.4. The van der Waals surface area contributed by atoms with E-state index in [-0.39, 0.29) is 11.6 Å². The van der Waals surface area contributed by atoms with Crippen LogP contribution in [0.5, 0.6) is 0 Å². The lowest BCUT2D eigenvalue weighted by atomic mass is 9.87. The Morgan fingerprint density at radius 3 is 2.86 bits per heavy atom. The van der Waals surface area contributed by atoms with Gasteiger partial charge in [0.05, 0.1) is 11.6 Å². The molecule has 0 spiro atoms. The van der Waals surface area contributed by atoms with Crippen molar-refractivity contribution in [1.82, 2.24) is 0 Å². The number of halogens is 1. The van der Waals surface area contributed by atoms with Gasteiger partial charge in [-0.1, -0.05) is 24.3 Å². The Hall–Kier alpha value is -2.36. The molecule has 0 amide bonds. The summed E-state index contributed by atoms with van der Waals surface area (Å²) in [7, 11) is 0. The Labute approximate surface area is 122 Å². The first-order chi connectivity index (χ1) is 10.1. The highest BCUT2D eigenvalue weighted by atomic mass is 19.1. The zero-order valence-corrected chi connectivity index (χ0v) is 11.5. The number of nitrogens with one attached hydrogen (secondary N) is 1. The van der Waals surface area contributed by atoms with Crippen LogP contribution in [0.4, 0.5) is 10.1 Å². The molecule has 0 bridgehead atoms. The summed E-state index contributed by atoms with van der Waals surface area (Å²) in [5.74, 6) is -1.96. The summed E-state index contributed by atoms with van der Waals surface area (Å²) >= 11 is 0. The monoisotopic (exact) mass is 285 g/mol. The second-order valence-electron chi connectivity index (χ2n) is 5.29. The van der Waals surface area contributed by atoms with Crippen LogP contribution in [0.2, 0.25) is 0 Å². The van der Waals surface area contributed by atoms with E-state index in [2.05, 4.69) is 17.4 Å². The fourth-order valence-electron chi connectivity index (χ4n) is 2.88. The van der Waals surface area contributed by atoms with E-state index >= 15 is 0 Å². The molecule has 0 saturated carbocycles. The first-order valence-electron chi connectivity index (χ1n) is 7.02. The molecule has 0 saturated heterocycles. The molecule has 1 atom stereocenters. The van der Waals surface area contributed by atoms with Gasteiger partial charge in [-0.15, -0.1) is 0 Å². The standard InChI is InChI=1S/C17H16FNO2/c18-15-9-8-12(10-14(15)17(20)21)19-16-7-3-5-11-4-1-2-6-13(11)16/h1-2,4,6,8-10,16,19H,3,5,7H2,(H,20,21). The Morgan fingerprint density at radius 1 is 1.24 bits per heavy atom. The molecule has 108 valence electrons. The molecule has 1 aliphatic carbocycles. The number of carboxylic acid groups (broad SMARTS) is 1. The van der Waals surface area contributed by atoms with Gasteiger partial charge in [0.2, 0.25) is 0 Å². The molecule has 3 nitrogen and oxygen atoms in total. The Morgan fingerprint density at radius 2 is 2.05 bits per heavy atom. The lowest BCUT2D eigenvalue weighted by Crippen LogP contribution is -2.17. The first-order valence-corrected chi connectivity index (χ1v) is 7.02. The molecule has 1 unspecified atom stereocenters. The molecule has 2 aromatic carbocycles. The van der Waals surface area contributed by atoms with Crippen LogP contribution in [0, 0.1) is 5.82 Å². The van der Waals surface area contributed by atoms with Crippen LogP contribution in [0.15, 0.2) is 42.5 Å². The van der Waals surface area contributed by atoms with Crippen LogP contribution in [-0.2, 0) is 6.42 Å². The van der Waals surface area contributed by atoms with Crippen LogP contribution >= 0.6 is 0 Å². The van der Waals surface area contributed by atoms with Gasteiger partial charge >= 0.3 is 5.97 Å². The van der Waals surface area contributed by atoms with E-state index in [9.17, 15) is 9.18 Å². The summed E-state index contributed by atoms with van der Waals surface area (Å²) in [5, 5.41) is 12.3. The number of aromatic carboxylic acids is 1. The maximum Gasteiger partial charge on any atom is 0.338 e. The largest absolute Gasteiger partial charge is 0.478 e. The number of fused-ring (bicyclic) bond motifs is 1. The van der Waals surface area contributed by atoms with Gasteiger partial charge in [-0.3, -0.25) is 0 Å². The summed E-state index contributed by atoms with van der Waals surface area (Å²) in [6.45, 7) is 0. The van der Waals surface area contributed by atoms with Crippen molar-refractivity contribution in [2.24, 2.45) is 0 Å². The minimum atomic E-state index is -1.25. The molecule has 0 aromatic heterocycles. The molecule has 0 heterocycles. The minimum absolute atomic E-state index is 0.141. The zero-order chi connectivity index (χ0) is 14.8. The molecular weight excluding hydrogens is 269 g/mol. The van der Waals surface area contributed by atoms with E-state index in [1.807, 2.05) is 12.1 Å². The second kappa shape index (κ2) is 5.56. The molecule has 2 N–H and O–H groups in total. The number of aryl methyl sites for hydroxylation is 1. The average Bonchev–Trinajstić information content (AvgIpc) is 2.49. The Kier molecular flexibility index (Phi) is 3.60. The van der Waals surface area contributed by atoms with Gasteiger partial charge in [0.15, 0.2) is 0 Å². The lowest BCUT2D eigenvalue weighted by molar-refractivity contribution is 0.0692. The van der Waals surface area contributed by atoms with Crippen LogP contribution in [0.25, 0.3) is 0 Å². The highest BCUT2D eigenvalue weighted by Crippen LogP contribution is 2.32. The molecule has 0 aliphatic heterocycles. The molecule has 21 heavy (non-hydrogen) atoms. The summed E-state index contributed by atoms with van der Waals surface area (Å²) in [5.41, 5.74) is 2.89. The van der Waals surface area contributed by atoms with Crippen molar-refractivity contribution >= 4 is 11.7 Å². The van der Waals surface area contributed by atoms with Crippen LogP contribution in [0.3, 0.4) is 0 Å². The fraction of sp³-hybridized carbons (Fsp3) is 0.235. The topological polar surface area (TPSA) is 49.3 Å². The molecule has 0 radical (unpaired) electrons. The summed E-state index contributed by atoms with van der Waals surface area (Å²) in [4.78, 5) is 11.0. The maximum absolute atomic E-state index is 13.4. The zero-order valence-electron chi connectivity index (χ0n) is 11.5. The molecule has 1 aliphatic rings. The molecular formula is C17H16FNO2. The van der Waals surface area contributed by atoms with Crippen LogP contribution in [0.1, 0.15) is 40.4 Å². The first kappa shape index (κ1) is 13.6. The highest BCUT2D eigenvalue weighted by Gasteiger charge is 2.20. The number of hydrogen-bond acceptors (Lipinski definition) is 2. The van der Waals surface area contributed by atoms with Crippen molar-refractivity contribution < 1.29 is 14.3 Å². The fourth-order valence-corrected chi connectivity index (χ4v) is 2.88. The van der Waals surface area contributed by atoms with Gasteiger partial charge in [-0.25, -0.2) is 9.18 Å². The number of anilines is 1. The lowest BCUT2D eigenvalue weighted by Gasteiger charge is -2.27. The average molecular weight is 285 g/mol. The van der Waals surface area contributed by atoms with Crippen molar-refractivity contribution in [3.05, 3.63) is 65.0 Å². The smallest absolute Gasteiger partial charge is 0.338 e. The summed E-state index contributed by atoms with van der Waals surface area (Å²) in [6, 6.07) is 12.5. The maximum atomic E-state index is 13.4. The Bertz CT molecular complexity index is 684. The normalized spacial score (nSPS) is 17.1. The van der Waals surface area contributed by atoms with Gasteiger partial charge in [0.25, 0.3) is 0 Å². The number of carboxylic acids is 1. The molecule has 3 rings (SSSR count). The number of carbonyl (C=O) groups is 1. The van der Waals surface area contributed by atoms with E-state index in [4.69, 9.17) is 5.11 Å². The van der Waals surface area contributed by atoms with E-state index in [1.165, 1.54) is 23.3 Å². The van der Waals surface area contributed by atoms with Crippen molar-refractivity contribution in [3.8, 4) is 0 Å². The van der Waals surface area contributed by atoms with E-state index < -0.39 is 11.8 Å². The third-order valence-corrected chi connectivity index (χ3v) is 3.91. The predicted octanol–water partition coefficient (Wildman–Crippen LogP) is 4.01. The molecule has 2 aromatic rings. The van der Waals surface area contributed by atoms with Crippen molar-refractivity contribution in [1.29, 1.82) is 0 Å². The quantitative estimate of drug-likeness (QED) is 0.895. The second-order valence-corrected chi connectivity index (χ2v) is 5.29. The van der Waals surface area contributed by atoms with E-state index in [0.29, 0.717) is 5.69 Å². The highest BCUT2D eigenvalue weighted by molar-refractivity contribution is 5.89. The SMILES string of the molecule is O=C(O)c1cc(NC2CCCc3ccccc32)ccc1F. The number of rotatable bonds is 3. The van der Waals surface area contributed by atoms with Crippen LogP contribution < -0.4 is 5.32 Å². The van der Waals surface area contributed by atoms with Crippen molar-refractivity contribution in [3.63, 3.8) is 0 Å². The van der Waals surface area contributed by atoms with Gasteiger partial charge in [0.1, 0.15) is 5.82 Å². The van der Waals surface area contributed by atoms with Gasteiger partial charge in [0, 0.05) is 5.69 Å². The van der Waals surface area contributed by atoms with Crippen LogP contribution in [-0.4, -0.2) is 11.1 Å². The van der Waals surface area contributed by atoms with E-state index in [1.54, 1.807) is 6.07 Å². The third kappa shape index (κ3) is 2.75.